The molecule has 0 aromatic carbocycles. The van der Waals surface area contributed by atoms with E-state index in [0.29, 0.717) is 13.0 Å². The number of hydrogen-bond donors (Lipinski definition) is 1. The third-order valence-electron chi connectivity index (χ3n) is 1.73. The largest absolute Gasteiger partial charge is 0.383 e. The molecular formula is C8H18N2O2. The van der Waals surface area contributed by atoms with E-state index in [4.69, 9.17) is 10.5 Å². The maximum absolute atomic E-state index is 10.5. The molecular weight excluding hydrogens is 156 g/mol. The van der Waals surface area contributed by atoms with Crippen LogP contribution in [0.1, 0.15) is 13.3 Å². The van der Waals surface area contributed by atoms with Gasteiger partial charge in [-0.1, -0.05) is 6.92 Å². The molecule has 0 aromatic rings. The molecule has 72 valence electrons. The first-order valence-corrected chi connectivity index (χ1v) is 4.20. The van der Waals surface area contributed by atoms with E-state index in [1.54, 1.807) is 7.11 Å². The number of carbonyl (C=O) groups is 1. The van der Waals surface area contributed by atoms with Crippen LogP contribution >= 0.6 is 0 Å². The predicted octanol–water partition coefficient (Wildman–Crippen LogP) is -0.170. The number of rotatable bonds is 7. The Kier molecular flexibility index (Phi) is 6.70. The van der Waals surface area contributed by atoms with Crippen LogP contribution in [0.15, 0.2) is 0 Å². The third kappa shape index (κ3) is 6.12. The number of ether oxygens (including phenoxy) is 1. The Balaban J connectivity index is 3.45. The molecule has 4 nitrogen and oxygen atoms in total. The number of hydrogen-bond acceptors (Lipinski definition) is 3. The van der Waals surface area contributed by atoms with E-state index in [1.807, 2.05) is 0 Å². The molecule has 12 heavy (non-hydrogen) atoms. The van der Waals surface area contributed by atoms with Crippen LogP contribution in [0.25, 0.3) is 0 Å². The lowest BCUT2D eigenvalue weighted by Crippen LogP contribution is -2.30. The Bertz CT molecular complexity index is 128. The van der Waals surface area contributed by atoms with Gasteiger partial charge in [-0.25, -0.2) is 0 Å². The fraction of sp³-hybridized carbons (Fsp3) is 0.875. The Hall–Kier alpha value is -0.610. The van der Waals surface area contributed by atoms with Gasteiger partial charge in [0.2, 0.25) is 5.91 Å². The van der Waals surface area contributed by atoms with E-state index < -0.39 is 0 Å². The minimum absolute atomic E-state index is 0.245. The van der Waals surface area contributed by atoms with E-state index in [2.05, 4.69) is 11.8 Å². The van der Waals surface area contributed by atoms with Gasteiger partial charge in [0.25, 0.3) is 0 Å². The van der Waals surface area contributed by atoms with Crippen molar-refractivity contribution in [1.82, 2.24) is 4.90 Å². The summed E-state index contributed by atoms with van der Waals surface area (Å²) < 4.78 is 4.92. The van der Waals surface area contributed by atoms with Crippen molar-refractivity contribution < 1.29 is 9.53 Å². The van der Waals surface area contributed by atoms with Gasteiger partial charge in [0.15, 0.2) is 0 Å². The van der Waals surface area contributed by atoms with Gasteiger partial charge in [0, 0.05) is 26.6 Å². The molecule has 0 radical (unpaired) electrons. The summed E-state index contributed by atoms with van der Waals surface area (Å²) in [5, 5.41) is 0. The predicted molar refractivity (Wildman–Crippen MR) is 47.8 cm³/mol. The maximum Gasteiger partial charge on any atom is 0.218 e. The molecule has 0 saturated carbocycles. The summed E-state index contributed by atoms with van der Waals surface area (Å²) in [6.07, 6.45) is 0.428. The number of likely N-dealkylation sites (N-methyl/N-ethyl adjacent to an activating group) is 1. The van der Waals surface area contributed by atoms with Crippen LogP contribution in [-0.4, -0.2) is 44.2 Å². The fourth-order valence-corrected chi connectivity index (χ4v) is 0.917. The van der Waals surface area contributed by atoms with Crippen molar-refractivity contribution in [3.8, 4) is 0 Å². The molecule has 0 heterocycles. The molecule has 4 heteroatoms. The second kappa shape index (κ2) is 7.06. The molecule has 0 spiro atoms. The standard InChI is InChI=1S/C8H18N2O2/c1-3-10(6-7-12-2)5-4-8(9)11/h3-7H2,1-2H3,(H2,9,11). The molecule has 1 amide bonds. The molecule has 0 saturated heterocycles. The second-order valence-electron chi connectivity index (χ2n) is 2.64. The van der Waals surface area contributed by atoms with E-state index in [1.165, 1.54) is 0 Å². The van der Waals surface area contributed by atoms with Crippen LogP contribution in [0.5, 0.6) is 0 Å². The highest BCUT2D eigenvalue weighted by Crippen LogP contribution is 1.90. The Morgan fingerprint density at radius 2 is 2.17 bits per heavy atom. The smallest absolute Gasteiger partial charge is 0.218 e. The second-order valence-corrected chi connectivity index (χ2v) is 2.64. The molecule has 0 fully saturated rings. The molecule has 0 aliphatic rings. The summed E-state index contributed by atoms with van der Waals surface area (Å²) >= 11 is 0. The quantitative estimate of drug-likeness (QED) is 0.583. The van der Waals surface area contributed by atoms with E-state index >= 15 is 0 Å². The van der Waals surface area contributed by atoms with Gasteiger partial charge in [-0.2, -0.15) is 0 Å². The Morgan fingerprint density at radius 3 is 2.58 bits per heavy atom. The average molecular weight is 174 g/mol. The van der Waals surface area contributed by atoms with Crippen LogP contribution in [0.3, 0.4) is 0 Å². The summed E-state index contributed by atoms with van der Waals surface area (Å²) in [5.41, 5.74) is 5.03. The SMILES string of the molecule is CCN(CCOC)CCC(N)=O. The zero-order valence-corrected chi connectivity index (χ0v) is 7.88. The topological polar surface area (TPSA) is 55.6 Å². The van der Waals surface area contributed by atoms with Crippen molar-refractivity contribution in [3.63, 3.8) is 0 Å². The van der Waals surface area contributed by atoms with Gasteiger partial charge in [0.05, 0.1) is 6.61 Å². The molecule has 0 aliphatic heterocycles. The number of nitrogens with two attached hydrogens (primary N) is 1. The van der Waals surface area contributed by atoms with E-state index in [-0.39, 0.29) is 5.91 Å². The van der Waals surface area contributed by atoms with Crippen molar-refractivity contribution in [3.05, 3.63) is 0 Å². The first kappa shape index (κ1) is 11.4. The lowest BCUT2D eigenvalue weighted by Gasteiger charge is -2.18. The molecule has 0 bridgehead atoms. The van der Waals surface area contributed by atoms with Crippen LogP contribution < -0.4 is 5.73 Å². The van der Waals surface area contributed by atoms with Crippen molar-refractivity contribution in [2.75, 3.05) is 33.4 Å². The van der Waals surface area contributed by atoms with Gasteiger partial charge in [-0.3, -0.25) is 4.79 Å². The fourth-order valence-electron chi connectivity index (χ4n) is 0.917. The molecule has 2 N–H and O–H groups in total. The maximum atomic E-state index is 10.5. The highest BCUT2D eigenvalue weighted by Gasteiger charge is 2.02. The highest BCUT2D eigenvalue weighted by atomic mass is 16.5. The van der Waals surface area contributed by atoms with Gasteiger partial charge in [-0.05, 0) is 6.54 Å². The van der Waals surface area contributed by atoms with Crippen LogP contribution in [0, 0.1) is 0 Å². The molecule has 0 atom stereocenters. The number of carbonyl (C=O) groups excluding carboxylic acids is 1. The van der Waals surface area contributed by atoms with Crippen LogP contribution in [-0.2, 0) is 9.53 Å². The van der Waals surface area contributed by atoms with Crippen LogP contribution in [0.2, 0.25) is 0 Å². The van der Waals surface area contributed by atoms with Crippen molar-refractivity contribution in [2.24, 2.45) is 5.73 Å². The summed E-state index contributed by atoms with van der Waals surface area (Å²) in [6.45, 7) is 5.27. The van der Waals surface area contributed by atoms with Crippen molar-refractivity contribution >= 4 is 5.91 Å². The summed E-state index contributed by atoms with van der Waals surface area (Å²) in [6, 6.07) is 0. The number of nitrogens with zero attached hydrogens (tertiary/aromatic N) is 1. The molecule has 0 unspecified atom stereocenters. The van der Waals surface area contributed by atoms with E-state index in [9.17, 15) is 4.79 Å². The minimum Gasteiger partial charge on any atom is -0.383 e. The third-order valence-corrected chi connectivity index (χ3v) is 1.73. The number of methoxy groups -OCH3 is 1. The zero-order chi connectivity index (χ0) is 9.40. The summed E-state index contributed by atoms with van der Waals surface area (Å²) in [5.74, 6) is -0.245. The lowest BCUT2D eigenvalue weighted by atomic mass is 10.3. The molecule has 0 aromatic heterocycles. The molecule has 0 rings (SSSR count). The Labute approximate surface area is 73.7 Å². The van der Waals surface area contributed by atoms with Crippen LogP contribution in [0.4, 0.5) is 0 Å². The van der Waals surface area contributed by atoms with Crippen molar-refractivity contribution in [1.29, 1.82) is 0 Å². The number of primary amides is 1. The average Bonchev–Trinajstić information content (AvgIpc) is 2.05. The van der Waals surface area contributed by atoms with E-state index in [0.717, 1.165) is 19.6 Å². The van der Waals surface area contributed by atoms with Gasteiger partial charge in [-0.15, -0.1) is 0 Å². The number of amides is 1. The van der Waals surface area contributed by atoms with Gasteiger partial charge < -0.3 is 15.4 Å². The first-order chi connectivity index (χ1) is 5.70. The highest BCUT2D eigenvalue weighted by molar-refractivity contribution is 5.73. The summed E-state index contributed by atoms with van der Waals surface area (Å²) in [7, 11) is 1.67. The Morgan fingerprint density at radius 1 is 1.50 bits per heavy atom. The van der Waals surface area contributed by atoms with Gasteiger partial charge in [0.1, 0.15) is 0 Å². The monoisotopic (exact) mass is 174 g/mol. The normalized spacial score (nSPS) is 10.6. The van der Waals surface area contributed by atoms with Crippen molar-refractivity contribution in [2.45, 2.75) is 13.3 Å². The van der Waals surface area contributed by atoms with Gasteiger partial charge >= 0.3 is 0 Å². The first-order valence-electron chi connectivity index (χ1n) is 4.20. The lowest BCUT2D eigenvalue weighted by molar-refractivity contribution is -0.118. The zero-order valence-electron chi connectivity index (χ0n) is 7.88. The molecule has 0 aliphatic carbocycles. The summed E-state index contributed by atoms with van der Waals surface area (Å²) in [4.78, 5) is 12.6. The minimum atomic E-state index is -0.245.